The second-order valence-electron chi connectivity index (χ2n) is 10.8. The number of nitrogens with one attached hydrogen (secondary N) is 2. The molecule has 2 fully saturated rings. The highest BCUT2D eigenvalue weighted by Crippen LogP contribution is 2.32. The molecule has 0 bridgehead atoms. The fourth-order valence-corrected chi connectivity index (χ4v) is 5.30. The topological polar surface area (TPSA) is 89.9 Å². The highest BCUT2D eigenvalue weighted by atomic mass is 19.4. The average Bonchev–Trinajstić information content (AvgIpc) is 3.57. The molecule has 9 nitrogen and oxygen atoms in total. The number of aromatic nitrogens is 2. The molecule has 1 aromatic heterocycles. The highest BCUT2D eigenvalue weighted by Gasteiger charge is 2.40. The SMILES string of the molecule is Cc1c(OC[C@H]2COC(C)(C)O2)nn(-c2ccccc2)c1NC(=O)NC1CN(CC(F)(F)F)C[C@@H]1c1ccccc1. The van der Waals surface area contributed by atoms with E-state index in [0.29, 0.717) is 29.6 Å². The number of benzene rings is 2. The summed E-state index contributed by atoms with van der Waals surface area (Å²) in [5.41, 5.74) is 2.15. The lowest BCUT2D eigenvalue weighted by Crippen LogP contribution is -2.43. The molecule has 2 amide bonds. The van der Waals surface area contributed by atoms with Crippen LogP contribution >= 0.6 is 0 Å². The monoisotopic (exact) mass is 573 g/mol. The van der Waals surface area contributed by atoms with Crippen molar-refractivity contribution in [3.8, 4) is 11.6 Å². The van der Waals surface area contributed by atoms with Crippen molar-refractivity contribution in [2.45, 2.75) is 50.8 Å². The number of anilines is 1. The predicted octanol–water partition coefficient (Wildman–Crippen LogP) is 4.86. The Morgan fingerprint density at radius 3 is 2.41 bits per heavy atom. The molecular weight excluding hydrogens is 539 g/mol. The number of halogens is 3. The minimum absolute atomic E-state index is 0.0671. The maximum Gasteiger partial charge on any atom is 0.401 e. The van der Waals surface area contributed by atoms with E-state index in [9.17, 15) is 18.0 Å². The van der Waals surface area contributed by atoms with Crippen molar-refractivity contribution in [3.05, 3.63) is 71.8 Å². The van der Waals surface area contributed by atoms with Gasteiger partial charge in [-0.3, -0.25) is 10.2 Å². The Morgan fingerprint density at radius 1 is 1.10 bits per heavy atom. The van der Waals surface area contributed by atoms with Crippen LogP contribution in [0.3, 0.4) is 0 Å². The molecule has 3 atom stereocenters. The Hall–Kier alpha value is -3.61. The van der Waals surface area contributed by atoms with E-state index >= 15 is 0 Å². The van der Waals surface area contributed by atoms with Crippen LogP contribution in [-0.2, 0) is 9.47 Å². The molecule has 0 radical (unpaired) electrons. The fourth-order valence-electron chi connectivity index (χ4n) is 5.30. The number of urea groups is 1. The van der Waals surface area contributed by atoms with Gasteiger partial charge >= 0.3 is 12.2 Å². The second-order valence-corrected chi connectivity index (χ2v) is 10.8. The first-order valence-corrected chi connectivity index (χ1v) is 13.5. The molecule has 2 N–H and O–H groups in total. The first-order chi connectivity index (χ1) is 19.5. The van der Waals surface area contributed by atoms with Gasteiger partial charge in [-0.25, -0.2) is 9.48 Å². The zero-order chi connectivity index (χ0) is 29.2. The van der Waals surface area contributed by atoms with Crippen LogP contribution in [0.1, 0.15) is 30.9 Å². The summed E-state index contributed by atoms with van der Waals surface area (Å²) >= 11 is 0. The summed E-state index contributed by atoms with van der Waals surface area (Å²) in [6.45, 7) is 5.24. The molecule has 2 aliphatic rings. The van der Waals surface area contributed by atoms with Gasteiger partial charge in [0.25, 0.3) is 0 Å². The van der Waals surface area contributed by atoms with Crippen LogP contribution in [0.4, 0.5) is 23.8 Å². The number of carbonyl (C=O) groups excluding carboxylic acids is 1. The van der Waals surface area contributed by atoms with Gasteiger partial charge < -0.3 is 19.5 Å². The normalized spacial score (nSPS) is 22.5. The Balaban J connectivity index is 1.34. The first kappa shape index (κ1) is 28.9. The van der Waals surface area contributed by atoms with Gasteiger partial charge in [0.15, 0.2) is 5.79 Å². The molecule has 0 saturated carbocycles. The number of alkyl halides is 3. The van der Waals surface area contributed by atoms with Crippen LogP contribution in [0.5, 0.6) is 5.88 Å². The van der Waals surface area contributed by atoms with E-state index in [-0.39, 0.29) is 31.7 Å². The summed E-state index contributed by atoms with van der Waals surface area (Å²) < 4.78 is 58.5. The van der Waals surface area contributed by atoms with Crippen LogP contribution in [0.25, 0.3) is 5.69 Å². The lowest BCUT2D eigenvalue weighted by Gasteiger charge is -2.21. The highest BCUT2D eigenvalue weighted by molar-refractivity contribution is 5.90. The van der Waals surface area contributed by atoms with Gasteiger partial charge in [-0.1, -0.05) is 48.5 Å². The number of hydrogen-bond acceptors (Lipinski definition) is 6. The van der Waals surface area contributed by atoms with Crippen LogP contribution < -0.4 is 15.4 Å². The summed E-state index contributed by atoms with van der Waals surface area (Å²) in [6.07, 6.45) is -4.61. The number of nitrogens with zero attached hydrogens (tertiary/aromatic N) is 3. The number of amides is 2. The van der Waals surface area contributed by atoms with E-state index in [1.807, 2.05) is 74.5 Å². The molecule has 1 unspecified atom stereocenters. The maximum absolute atomic E-state index is 13.3. The van der Waals surface area contributed by atoms with Crippen LogP contribution in [-0.4, -0.2) is 77.7 Å². The summed E-state index contributed by atoms with van der Waals surface area (Å²) in [4.78, 5) is 14.7. The van der Waals surface area contributed by atoms with E-state index in [2.05, 4.69) is 15.7 Å². The van der Waals surface area contributed by atoms with E-state index < -0.39 is 30.6 Å². The molecule has 5 rings (SSSR count). The second kappa shape index (κ2) is 11.7. The quantitative estimate of drug-likeness (QED) is 0.400. The number of ether oxygens (including phenoxy) is 3. The Morgan fingerprint density at radius 2 is 1.78 bits per heavy atom. The standard InChI is InChI=1S/C29H34F3N5O4/c1-19-25(37(21-12-8-5-9-13-21)35-26(19)39-16-22-17-40-28(2,3)41-22)34-27(38)33-24-15-36(18-29(30,31)32)14-23(24)20-10-6-4-7-11-20/h4-13,22-24H,14-18H2,1-3H3,(H2,33,34,38)/t22-,23+,24?/m0/s1. The van der Waals surface area contributed by atoms with Gasteiger partial charge in [-0.05, 0) is 38.5 Å². The van der Waals surface area contributed by atoms with E-state index in [0.717, 1.165) is 5.56 Å². The van der Waals surface area contributed by atoms with E-state index in [1.54, 1.807) is 11.6 Å². The molecule has 0 spiro atoms. The largest absolute Gasteiger partial charge is 0.473 e. The predicted molar refractivity (Wildman–Crippen MR) is 146 cm³/mol. The molecule has 2 aromatic carbocycles. The molecule has 220 valence electrons. The van der Waals surface area contributed by atoms with Gasteiger partial charge in [-0.2, -0.15) is 13.2 Å². The number of rotatable bonds is 8. The fraction of sp³-hybridized carbons (Fsp3) is 0.448. The third kappa shape index (κ3) is 7.19. The third-order valence-electron chi connectivity index (χ3n) is 7.13. The van der Waals surface area contributed by atoms with E-state index in [4.69, 9.17) is 14.2 Å². The molecule has 0 aliphatic carbocycles. The van der Waals surface area contributed by atoms with Crippen LogP contribution in [0, 0.1) is 6.92 Å². The van der Waals surface area contributed by atoms with Gasteiger partial charge in [0, 0.05) is 19.0 Å². The molecule has 3 aromatic rings. The Bertz CT molecular complexity index is 1330. The zero-order valence-corrected chi connectivity index (χ0v) is 23.1. The summed E-state index contributed by atoms with van der Waals surface area (Å²) in [5, 5.41) is 10.4. The smallest absolute Gasteiger partial charge is 0.401 e. The number of carbonyl (C=O) groups is 1. The van der Waals surface area contributed by atoms with Crippen molar-refractivity contribution in [1.29, 1.82) is 0 Å². The third-order valence-corrected chi connectivity index (χ3v) is 7.13. The van der Waals surface area contributed by atoms with Crippen molar-refractivity contribution >= 4 is 11.8 Å². The number of hydrogen-bond donors (Lipinski definition) is 2. The maximum atomic E-state index is 13.3. The zero-order valence-electron chi connectivity index (χ0n) is 23.1. The average molecular weight is 574 g/mol. The summed E-state index contributed by atoms with van der Waals surface area (Å²) in [6, 6.07) is 17.4. The molecular formula is C29H34F3N5O4. The number of likely N-dealkylation sites (tertiary alicyclic amines) is 1. The number of para-hydroxylation sites is 1. The first-order valence-electron chi connectivity index (χ1n) is 13.5. The minimum Gasteiger partial charge on any atom is -0.473 e. The van der Waals surface area contributed by atoms with Crippen LogP contribution in [0.15, 0.2) is 60.7 Å². The van der Waals surface area contributed by atoms with Gasteiger partial charge in [-0.15, -0.1) is 5.10 Å². The van der Waals surface area contributed by atoms with Gasteiger partial charge in [0.2, 0.25) is 5.88 Å². The van der Waals surface area contributed by atoms with Crippen molar-refractivity contribution in [2.75, 3.05) is 38.2 Å². The minimum atomic E-state index is -4.33. The van der Waals surface area contributed by atoms with Gasteiger partial charge in [0.05, 0.1) is 30.4 Å². The Kier molecular flexibility index (Phi) is 8.25. The van der Waals surface area contributed by atoms with Crippen molar-refractivity contribution in [1.82, 2.24) is 20.0 Å². The lowest BCUT2D eigenvalue weighted by molar-refractivity contribution is -0.143. The molecule has 12 heteroatoms. The van der Waals surface area contributed by atoms with E-state index in [1.165, 1.54) is 4.90 Å². The van der Waals surface area contributed by atoms with Crippen LogP contribution in [0.2, 0.25) is 0 Å². The van der Waals surface area contributed by atoms with Gasteiger partial charge in [0.1, 0.15) is 18.5 Å². The van der Waals surface area contributed by atoms with Crippen molar-refractivity contribution < 1.29 is 32.2 Å². The molecule has 41 heavy (non-hydrogen) atoms. The van der Waals surface area contributed by atoms with Crippen molar-refractivity contribution in [2.24, 2.45) is 0 Å². The molecule has 2 aliphatic heterocycles. The Labute approximate surface area is 236 Å². The molecule has 2 saturated heterocycles. The summed E-state index contributed by atoms with van der Waals surface area (Å²) in [5.74, 6) is -0.294. The molecule has 3 heterocycles. The summed E-state index contributed by atoms with van der Waals surface area (Å²) in [7, 11) is 0. The van der Waals surface area contributed by atoms with Crippen molar-refractivity contribution in [3.63, 3.8) is 0 Å². The lowest BCUT2D eigenvalue weighted by atomic mass is 9.94.